The third kappa shape index (κ3) is 3.88. The summed E-state index contributed by atoms with van der Waals surface area (Å²) in [4.78, 5) is 15.1. The van der Waals surface area contributed by atoms with E-state index in [0.717, 1.165) is 28.9 Å². The van der Waals surface area contributed by atoms with Crippen LogP contribution in [0, 0.1) is 6.92 Å². The number of amides is 1. The lowest BCUT2D eigenvalue weighted by Crippen LogP contribution is -2.31. The van der Waals surface area contributed by atoms with Gasteiger partial charge in [0.2, 0.25) is 0 Å². The zero-order valence-corrected chi connectivity index (χ0v) is 18.0. The number of carbonyl (C=O) groups is 1. The molecule has 0 fully saturated rings. The molecule has 1 atom stereocenters. The van der Waals surface area contributed by atoms with Crippen LogP contribution in [0.15, 0.2) is 42.5 Å². The number of aromatic amines is 1. The van der Waals surface area contributed by atoms with Crippen molar-refractivity contribution in [2.45, 2.75) is 26.3 Å². The van der Waals surface area contributed by atoms with E-state index in [4.69, 9.17) is 9.47 Å². The van der Waals surface area contributed by atoms with Crippen LogP contribution in [-0.2, 0) is 4.74 Å². The van der Waals surface area contributed by atoms with Gasteiger partial charge in [0.1, 0.15) is 22.9 Å². The predicted molar refractivity (Wildman–Crippen MR) is 117 cm³/mol. The van der Waals surface area contributed by atoms with Gasteiger partial charge in [0.15, 0.2) is 0 Å². The Kier molecular flexibility index (Phi) is 5.95. The van der Waals surface area contributed by atoms with Crippen molar-refractivity contribution in [3.05, 3.63) is 64.8 Å². The van der Waals surface area contributed by atoms with E-state index in [9.17, 15) is 9.90 Å². The lowest BCUT2D eigenvalue weighted by Gasteiger charge is -2.26. The summed E-state index contributed by atoms with van der Waals surface area (Å²) in [6.07, 6.45) is 0.721. The van der Waals surface area contributed by atoms with Gasteiger partial charge in [-0.25, -0.2) is 0 Å². The average Bonchev–Trinajstić information content (AvgIpc) is 3.30. The fraction of sp³-hybridized carbons (Fsp3) is 0.333. The van der Waals surface area contributed by atoms with Crippen molar-refractivity contribution in [1.29, 1.82) is 0 Å². The van der Waals surface area contributed by atoms with Gasteiger partial charge in [-0.15, -0.1) is 0 Å². The minimum atomic E-state index is -0.316. The maximum absolute atomic E-state index is 13.3. The van der Waals surface area contributed by atoms with Crippen LogP contribution in [0.2, 0.25) is 0 Å². The number of aromatic hydroxyl groups is 1. The number of nitrogens with one attached hydrogen (secondary N) is 1. The largest absolute Gasteiger partial charge is 0.507 e. The number of ether oxygens (including phenoxy) is 2. The summed E-state index contributed by atoms with van der Waals surface area (Å²) in [6, 6.07) is 12.9. The molecule has 3 aromatic rings. The number of carbonyl (C=O) groups excluding carboxylic acids is 1. The third-order valence-electron chi connectivity index (χ3n) is 5.53. The minimum absolute atomic E-state index is 0.101. The first-order valence-electron chi connectivity index (χ1n) is 10.5. The van der Waals surface area contributed by atoms with E-state index in [0.29, 0.717) is 36.7 Å². The van der Waals surface area contributed by atoms with Crippen molar-refractivity contribution < 1.29 is 19.4 Å². The zero-order chi connectivity index (χ0) is 22.0. The Labute approximate surface area is 181 Å². The Morgan fingerprint density at radius 2 is 1.97 bits per heavy atom. The fourth-order valence-corrected chi connectivity index (χ4v) is 4.11. The summed E-state index contributed by atoms with van der Waals surface area (Å²) < 4.78 is 10.8. The van der Waals surface area contributed by atoms with Crippen LogP contribution in [0.1, 0.15) is 46.6 Å². The van der Waals surface area contributed by atoms with Crippen molar-refractivity contribution in [2.24, 2.45) is 0 Å². The molecular weight excluding hydrogens is 394 g/mol. The quantitative estimate of drug-likeness (QED) is 0.536. The van der Waals surface area contributed by atoms with Gasteiger partial charge in [-0.1, -0.05) is 23.8 Å². The van der Waals surface area contributed by atoms with E-state index in [-0.39, 0.29) is 17.7 Å². The van der Waals surface area contributed by atoms with Gasteiger partial charge in [0.25, 0.3) is 5.91 Å². The van der Waals surface area contributed by atoms with Crippen molar-refractivity contribution in [3.63, 3.8) is 0 Å². The molecule has 2 N–H and O–H groups in total. The average molecular weight is 421 g/mol. The number of H-pyrrole nitrogens is 1. The molecule has 7 nitrogen and oxygen atoms in total. The normalized spacial score (nSPS) is 15.4. The number of aromatic nitrogens is 2. The summed E-state index contributed by atoms with van der Waals surface area (Å²) in [6.45, 7) is 5.61. The highest BCUT2D eigenvalue weighted by molar-refractivity contribution is 6.00. The second-order valence-corrected chi connectivity index (χ2v) is 7.63. The molecule has 7 heteroatoms. The number of methoxy groups -OCH3 is 1. The number of phenols is 1. The molecule has 2 heterocycles. The fourth-order valence-electron chi connectivity index (χ4n) is 4.11. The minimum Gasteiger partial charge on any atom is -0.507 e. The van der Waals surface area contributed by atoms with Crippen LogP contribution >= 0.6 is 0 Å². The Hall–Kier alpha value is -3.32. The van der Waals surface area contributed by atoms with Crippen molar-refractivity contribution in [2.75, 3.05) is 26.9 Å². The second kappa shape index (κ2) is 8.81. The molecular formula is C24H27N3O4. The molecule has 0 saturated carbocycles. The Bertz CT molecular complexity index is 1070. The van der Waals surface area contributed by atoms with Gasteiger partial charge < -0.3 is 19.5 Å². The van der Waals surface area contributed by atoms with Crippen LogP contribution < -0.4 is 4.74 Å². The zero-order valence-electron chi connectivity index (χ0n) is 18.0. The summed E-state index contributed by atoms with van der Waals surface area (Å²) >= 11 is 0. The van der Waals surface area contributed by atoms with Crippen LogP contribution in [0.3, 0.4) is 0 Å². The molecule has 0 bridgehead atoms. The summed E-state index contributed by atoms with van der Waals surface area (Å²) in [7, 11) is 1.65. The van der Waals surface area contributed by atoms with Crippen LogP contribution in [0.4, 0.5) is 0 Å². The van der Waals surface area contributed by atoms with E-state index in [1.165, 1.54) is 0 Å². The first kappa shape index (κ1) is 20.9. The lowest BCUT2D eigenvalue weighted by atomic mass is 9.95. The molecule has 1 amide bonds. The highest BCUT2D eigenvalue weighted by Crippen LogP contribution is 2.44. The molecule has 0 aliphatic carbocycles. The first-order chi connectivity index (χ1) is 15.0. The second-order valence-electron chi connectivity index (χ2n) is 7.63. The molecule has 1 aliphatic rings. The van der Waals surface area contributed by atoms with Crippen LogP contribution in [0.25, 0.3) is 11.3 Å². The maximum atomic E-state index is 13.3. The van der Waals surface area contributed by atoms with Gasteiger partial charge in [0.05, 0.1) is 12.6 Å². The van der Waals surface area contributed by atoms with E-state index in [1.807, 2.05) is 55.1 Å². The number of hydrogen-bond acceptors (Lipinski definition) is 5. The van der Waals surface area contributed by atoms with Gasteiger partial charge in [0, 0.05) is 31.4 Å². The van der Waals surface area contributed by atoms with Gasteiger partial charge >= 0.3 is 0 Å². The van der Waals surface area contributed by atoms with Gasteiger partial charge in [-0.3, -0.25) is 9.89 Å². The van der Waals surface area contributed by atoms with Crippen molar-refractivity contribution in [1.82, 2.24) is 15.1 Å². The van der Waals surface area contributed by atoms with Gasteiger partial charge in [-0.2, -0.15) is 5.10 Å². The molecule has 31 heavy (non-hydrogen) atoms. The number of hydrogen-bond donors (Lipinski definition) is 2. The summed E-state index contributed by atoms with van der Waals surface area (Å²) in [5, 5.41) is 17.9. The summed E-state index contributed by atoms with van der Waals surface area (Å²) in [5.74, 6) is 0.817. The van der Waals surface area contributed by atoms with E-state index in [1.54, 1.807) is 13.2 Å². The molecule has 4 rings (SSSR count). The summed E-state index contributed by atoms with van der Waals surface area (Å²) in [5.41, 5.74) is 4.42. The molecule has 0 spiro atoms. The van der Waals surface area contributed by atoms with E-state index >= 15 is 0 Å². The highest BCUT2D eigenvalue weighted by atomic mass is 16.5. The maximum Gasteiger partial charge on any atom is 0.273 e. The highest BCUT2D eigenvalue weighted by Gasteiger charge is 2.42. The number of phenolic OH excluding ortho intramolecular Hbond substituents is 1. The van der Waals surface area contributed by atoms with Crippen molar-refractivity contribution >= 4 is 5.91 Å². The molecule has 162 valence electrons. The molecule has 1 unspecified atom stereocenters. The molecule has 2 aromatic carbocycles. The first-order valence-corrected chi connectivity index (χ1v) is 10.5. The third-order valence-corrected chi connectivity index (χ3v) is 5.53. The Morgan fingerprint density at radius 1 is 1.19 bits per heavy atom. The van der Waals surface area contributed by atoms with Crippen LogP contribution in [0.5, 0.6) is 11.5 Å². The Balaban J connectivity index is 1.81. The number of nitrogens with zero attached hydrogens (tertiary/aromatic N) is 2. The van der Waals surface area contributed by atoms with E-state index in [2.05, 4.69) is 10.2 Å². The predicted octanol–water partition coefficient (Wildman–Crippen LogP) is 4.07. The van der Waals surface area contributed by atoms with Crippen LogP contribution in [-0.4, -0.2) is 53.0 Å². The monoisotopic (exact) mass is 421 g/mol. The lowest BCUT2D eigenvalue weighted by molar-refractivity contribution is 0.0723. The van der Waals surface area contributed by atoms with Crippen molar-refractivity contribution in [3.8, 4) is 22.8 Å². The molecule has 0 saturated heterocycles. The molecule has 1 aromatic heterocycles. The smallest absolute Gasteiger partial charge is 0.273 e. The van der Waals surface area contributed by atoms with Gasteiger partial charge in [-0.05, 0) is 50.1 Å². The Morgan fingerprint density at radius 3 is 2.68 bits per heavy atom. The standard InChI is InChI=1S/C24H27N3O4/c1-4-31-17-9-7-16(8-10-17)23-20-21(18-14-15(2)6-11-19(18)28)25-26-22(20)24(29)27(23)12-5-13-30-3/h6-11,14,23,28H,4-5,12-13H2,1-3H3,(H,25,26). The number of fused-ring (bicyclic) bond motifs is 1. The topological polar surface area (TPSA) is 87.7 Å². The number of aryl methyl sites for hydroxylation is 1. The SMILES string of the molecule is CCOc1ccc(C2c3c(-c4cc(C)ccc4O)n[nH]c3C(=O)N2CCCOC)cc1. The number of rotatable bonds is 8. The number of benzene rings is 2. The molecule has 1 aliphatic heterocycles. The molecule has 0 radical (unpaired) electrons. The van der Waals surface area contributed by atoms with E-state index < -0.39 is 0 Å².